The minimum absolute atomic E-state index is 0.163. The summed E-state index contributed by atoms with van der Waals surface area (Å²) in [5.74, 6) is 1.36. The number of rotatable bonds is 4. The van der Waals surface area contributed by atoms with Gasteiger partial charge < -0.3 is 19.8 Å². The van der Waals surface area contributed by atoms with Crippen molar-refractivity contribution in [2.75, 3.05) is 20.0 Å². The van der Waals surface area contributed by atoms with Crippen molar-refractivity contribution >= 4 is 5.69 Å². The summed E-state index contributed by atoms with van der Waals surface area (Å²) in [5.41, 5.74) is 6.70. The molecule has 0 amide bonds. The van der Waals surface area contributed by atoms with Crippen LogP contribution in [0.5, 0.6) is 11.5 Å². The number of pyridine rings is 1. The number of ether oxygens (including phenoxy) is 2. The fraction of sp³-hybridized carbons (Fsp3) is 0.214. The van der Waals surface area contributed by atoms with Crippen molar-refractivity contribution in [3.8, 4) is 11.5 Å². The van der Waals surface area contributed by atoms with E-state index in [1.165, 1.54) is 6.07 Å². The standard InChI is InChI=1S/C14H16N2O3/c1-18-13-4-3-10(7-14(13)19-2)8-16-6-5-12(17)11(15)9-16/h3-7,9H,8,15H2,1-2H3. The highest BCUT2D eigenvalue weighted by atomic mass is 16.5. The van der Waals surface area contributed by atoms with Crippen molar-refractivity contribution in [2.45, 2.75) is 6.54 Å². The van der Waals surface area contributed by atoms with Gasteiger partial charge in [-0.2, -0.15) is 0 Å². The summed E-state index contributed by atoms with van der Waals surface area (Å²) in [5, 5.41) is 0. The second-order valence-electron chi connectivity index (χ2n) is 4.13. The van der Waals surface area contributed by atoms with Crippen LogP contribution in [0.4, 0.5) is 5.69 Å². The Labute approximate surface area is 111 Å². The van der Waals surface area contributed by atoms with Gasteiger partial charge in [0.25, 0.3) is 0 Å². The molecule has 19 heavy (non-hydrogen) atoms. The van der Waals surface area contributed by atoms with E-state index in [0.29, 0.717) is 18.0 Å². The highest BCUT2D eigenvalue weighted by Crippen LogP contribution is 2.27. The number of benzene rings is 1. The monoisotopic (exact) mass is 260 g/mol. The predicted octanol–water partition coefficient (Wildman–Crippen LogP) is 1.50. The number of nitrogens with two attached hydrogens (primary N) is 1. The third-order valence-corrected chi connectivity index (χ3v) is 2.82. The van der Waals surface area contributed by atoms with Gasteiger partial charge in [-0.15, -0.1) is 0 Å². The largest absolute Gasteiger partial charge is 0.493 e. The predicted molar refractivity (Wildman–Crippen MR) is 73.8 cm³/mol. The molecule has 2 N–H and O–H groups in total. The van der Waals surface area contributed by atoms with Crippen LogP contribution in [0, 0.1) is 0 Å². The minimum atomic E-state index is -0.163. The lowest BCUT2D eigenvalue weighted by molar-refractivity contribution is 0.354. The molecule has 5 heteroatoms. The Balaban J connectivity index is 2.27. The van der Waals surface area contributed by atoms with Crippen LogP contribution in [-0.2, 0) is 6.54 Å². The zero-order valence-corrected chi connectivity index (χ0v) is 10.9. The number of nitrogen functional groups attached to an aromatic ring is 1. The molecular formula is C14H16N2O3. The summed E-state index contributed by atoms with van der Waals surface area (Å²) in [7, 11) is 3.19. The van der Waals surface area contributed by atoms with Crippen molar-refractivity contribution in [3.63, 3.8) is 0 Å². The van der Waals surface area contributed by atoms with Crippen LogP contribution >= 0.6 is 0 Å². The van der Waals surface area contributed by atoms with Crippen LogP contribution in [0.2, 0.25) is 0 Å². The highest BCUT2D eigenvalue weighted by molar-refractivity contribution is 5.43. The SMILES string of the molecule is COc1ccc(Cn2ccc(=O)c(N)c2)cc1OC. The topological polar surface area (TPSA) is 66.5 Å². The molecule has 5 nitrogen and oxygen atoms in total. The van der Waals surface area contributed by atoms with Crippen LogP contribution in [-0.4, -0.2) is 18.8 Å². The first-order chi connectivity index (χ1) is 9.13. The zero-order chi connectivity index (χ0) is 13.8. The molecule has 0 aliphatic carbocycles. The zero-order valence-electron chi connectivity index (χ0n) is 10.9. The van der Waals surface area contributed by atoms with E-state index in [-0.39, 0.29) is 11.1 Å². The number of hydrogen-bond acceptors (Lipinski definition) is 4. The number of anilines is 1. The molecule has 100 valence electrons. The van der Waals surface area contributed by atoms with E-state index in [4.69, 9.17) is 15.2 Å². The molecule has 0 radical (unpaired) electrons. The van der Waals surface area contributed by atoms with Crippen LogP contribution in [0.15, 0.2) is 41.5 Å². The van der Waals surface area contributed by atoms with Crippen molar-refractivity contribution in [3.05, 3.63) is 52.4 Å². The van der Waals surface area contributed by atoms with E-state index in [1.54, 1.807) is 26.6 Å². The lowest BCUT2D eigenvalue weighted by Crippen LogP contribution is -2.11. The fourth-order valence-electron chi connectivity index (χ4n) is 1.83. The third kappa shape index (κ3) is 2.88. The van der Waals surface area contributed by atoms with Gasteiger partial charge in [0.1, 0.15) is 0 Å². The van der Waals surface area contributed by atoms with Crippen LogP contribution in [0.1, 0.15) is 5.56 Å². The molecule has 1 heterocycles. The van der Waals surface area contributed by atoms with E-state index >= 15 is 0 Å². The van der Waals surface area contributed by atoms with Crippen LogP contribution in [0.25, 0.3) is 0 Å². The molecule has 1 aromatic carbocycles. The number of aromatic nitrogens is 1. The minimum Gasteiger partial charge on any atom is -0.493 e. The molecule has 2 rings (SSSR count). The van der Waals surface area contributed by atoms with Gasteiger partial charge in [-0.05, 0) is 17.7 Å². The molecule has 0 spiro atoms. The summed E-state index contributed by atoms with van der Waals surface area (Å²) in [4.78, 5) is 11.2. The normalized spacial score (nSPS) is 10.2. The summed E-state index contributed by atoms with van der Waals surface area (Å²) >= 11 is 0. The van der Waals surface area contributed by atoms with Gasteiger partial charge in [-0.3, -0.25) is 4.79 Å². The van der Waals surface area contributed by atoms with Crippen molar-refractivity contribution in [1.82, 2.24) is 4.57 Å². The van der Waals surface area contributed by atoms with E-state index in [0.717, 1.165) is 5.56 Å². The van der Waals surface area contributed by atoms with Crippen molar-refractivity contribution in [1.29, 1.82) is 0 Å². The molecule has 2 aromatic rings. The van der Waals surface area contributed by atoms with E-state index in [2.05, 4.69) is 0 Å². The van der Waals surface area contributed by atoms with Gasteiger partial charge in [-0.1, -0.05) is 6.07 Å². The molecule has 0 atom stereocenters. The summed E-state index contributed by atoms with van der Waals surface area (Å²) in [6, 6.07) is 7.14. The summed E-state index contributed by atoms with van der Waals surface area (Å²) in [6.07, 6.45) is 3.33. The number of methoxy groups -OCH3 is 2. The first-order valence-electron chi connectivity index (χ1n) is 5.80. The second kappa shape index (κ2) is 5.48. The first-order valence-corrected chi connectivity index (χ1v) is 5.80. The average Bonchev–Trinajstić information content (AvgIpc) is 2.43. The number of hydrogen-bond donors (Lipinski definition) is 1. The molecule has 0 fully saturated rings. The molecule has 0 aliphatic heterocycles. The van der Waals surface area contributed by atoms with Crippen molar-refractivity contribution in [2.24, 2.45) is 0 Å². The molecule has 0 aliphatic rings. The van der Waals surface area contributed by atoms with E-state index in [1.807, 2.05) is 22.8 Å². The maximum Gasteiger partial charge on any atom is 0.204 e. The Morgan fingerprint density at radius 3 is 2.53 bits per heavy atom. The maximum absolute atomic E-state index is 11.2. The van der Waals surface area contributed by atoms with Gasteiger partial charge in [0.15, 0.2) is 11.5 Å². The molecular weight excluding hydrogens is 244 g/mol. The molecule has 1 aromatic heterocycles. The van der Waals surface area contributed by atoms with E-state index < -0.39 is 0 Å². The Bertz CT molecular complexity index is 635. The third-order valence-electron chi connectivity index (χ3n) is 2.82. The van der Waals surface area contributed by atoms with Gasteiger partial charge in [-0.25, -0.2) is 0 Å². The Hall–Kier alpha value is -2.43. The lowest BCUT2D eigenvalue weighted by atomic mass is 10.2. The summed E-state index contributed by atoms with van der Waals surface area (Å²) in [6.45, 7) is 0.602. The Kier molecular flexibility index (Phi) is 3.75. The lowest BCUT2D eigenvalue weighted by Gasteiger charge is -2.11. The van der Waals surface area contributed by atoms with Gasteiger partial charge in [0.2, 0.25) is 5.43 Å². The number of nitrogens with zero attached hydrogens (tertiary/aromatic N) is 1. The summed E-state index contributed by atoms with van der Waals surface area (Å²) < 4.78 is 12.3. The van der Waals surface area contributed by atoms with Crippen LogP contribution < -0.4 is 20.6 Å². The van der Waals surface area contributed by atoms with Gasteiger partial charge in [0, 0.05) is 25.0 Å². The maximum atomic E-state index is 11.2. The van der Waals surface area contributed by atoms with Gasteiger partial charge >= 0.3 is 0 Å². The smallest absolute Gasteiger partial charge is 0.204 e. The van der Waals surface area contributed by atoms with E-state index in [9.17, 15) is 4.79 Å². The Morgan fingerprint density at radius 1 is 1.16 bits per heavy atom. The average molecular weight is 260 g/mol. The Morgan fingerprint density at radius 2 is 1.89 bits per heavy atom. The molecule has 0 unspecified atom stereocenters. The quantitative estimate of drug-likeness (QED) is 0.904. The van der Waals surface area contributed by atoms with Crippen LogP contribution in [0.3, 0.4) is 0 Å². The first kappa shape index (κ1) is 13.0. The molecule has 0 bridgehead atoms. The van der Waals surface area contributed by atoms with Gasteiger partial charge in [0.05, 0.1) is 19.9 Å². The second-order valence-corrected chi connectivity index (χ2v) is 4.13. The highest BCUT2D eigenvalue weighted by Gasteiger charge is 2.05. The molecule has 0 saturated heterocycles. The fourth-order valence-corrected chi connectivity index (χ4v) is 1.83. The van der Waals surface area contributed by atoms with Crippen molar-refractivity contribution < 1.29 is 9.47 Å². The molecule has 0 saturated carbocycles.